The summed E-state index contributed by atoms with van der Waals surface area (Å²) >= 11 is 0. The van der Waals surface area contributed by atoms with Gasteiger partial charge in [0.05, 0.1) is 17.8 Å². The molecule has 0 unspecified atom stereocenters. The lowest BCUT2D eigenvalue weighted by molar-refractivity contribution is -0.134. The van der Waals surface area contributed by atoms with Gasteiger partial charge >= 0.3 is 5.97 Å². The van der Waals surface area contributed by atoms with Crippen LogP contribution >= 0.6 is 0 Å². The quantitative estimate of drug-likeness (QED) is 0.884. The number of benzene rings is 1. The number of likely N-dealkylation sites (tertiary alicyclic amines) is 1. The fraction of sp³-hybridized carbons (Fsp3) is 0.400. The lowest BCUT2D eigenvalue weighted by Crippen LogP contribution is -2.37. The number of carboxylic acids is 1. The van der Waals surface area contributed by atoms with E-state index in [0.717, 1.165) is 19.3 Å². The van der Waals surface area contributed by atoms with Crippen molar-refractivity contribution in [2.75, 3.05) is 18.4 Å². The van der Waals surface area contributed by atoms with E-state index in [4.69, 9.17) is 5.11 Å². The first-order chi connectivity index (χ1) is 10.1. The Morgan fingerprint density at radius 3 is 2.71 bits per heavy atom. The summed E-state index contributed by atoms with van der Waals surface area (Å²) in [5.74, 6) is -1.50. The van der Waals surface area contributed by atoms with Gasteiger partial charge in [-0.05, 0) is 25.0 Å². The summed E-state index contributed by atoms with van der Waals surface area (Å²) in [5, 5.41) is 11.6. The van der Waals surface area contributed by atoms with Gasteiger partial charge < -0.3 is 15.3 Å². The number of hydrogen-bond donors (Lipinski definition) is 2. The molecule has 0 aromatic heterocycles. The summed E-state index contributed by atoms with van der Waals surface area (Å²) in [4.78, 5) is 36.5. The highest BCUT2D eigenvalue weighted by molar-refractivity contribution is 6.01. The number of hydrogen-bond acceptors (Lipinski definition) is 3. The second-order valence-corrected chi connectivity index (χ2v) is 5.02. The van der Waals surface area contributed by atoms with E-state index < -0.39 is 5.97 Å². The minimum Gasteiger partial charge on any atom is -0.478 e. The van der Waals surface area contributed by atoms with Gasteiger partial charge in [-0.3, -0.25) is 9.59 Å². The van der Waals surface area contributed by atoms with Crippen LogP contribution in [-0.2, 0) is 9.59 Å². The Bertz CT molecular complexity index is 556. The van der Waals surface area contributed by atoms with Crippen LogP contribution in [0.2, 0.25) is 0 Å². The van der Waals surface area contributed by atoms with Gasteiger partial charge in [-0.2, -0.15) is 0 Å². The predicted molar refractivity (Wildman–Crippen MR) is 77.1 cm³/mol. The Labute approximate surface area is 122 Å². The number of rotatable bonds is 4. The highest BCUT2D eigenvalue weighted by Gasteiger charge is 2.20. The van der Waals surface area contributed by atoms with Crippen molar-refractivity contribution in [1.29, 1.82) is 0 Å². The maximum absolute atomic E-state index is 12.0. The third kappa shape index (κ3) is 4.05. The van der Waals surface area contributed by atoms with Crippen molar-refractivity contribution in [2.45, 2.75) is 25.7 Å². The molecule has 0 aliphatic carbocycles. The zero-order chi connectivity index (χ0) is 15.2. The van der Waals surface area contributed by atoms with Gasteiger partial charge in [-0.25, -0.2) is 4.79 Å². The molecule has 21 heavy (non-hydrogen) atoms. The fourth-order valence-electron chi connectivity index (χ4n) is 2.35. The smallest absolute Gasteiger partial charge is 0.337 e. The SMILES string of the molecule is O=C(CN1CCCCCC1=O)Nc1ccccc1C(=O)O. The number of carbonyl (C=O) groups is 3. The Kier molecular flexibility index (Phi) is 4.92. The molecule has 112 valence electrons. The molecule has 6 nitrogen and oxygen atoms in total. The Hall–Kier alpha value is -2.37. The van der Waals surface area contributed by atoms with Crippen molar-refractivity contribution in [1.82, 2.24) is 4.90 Å². The summed E-state index contributed by atoms with van der Waals surface area (Å²) in [6.45, 7) is 0.541. The lowest BCUT2D eigenvalue weighted by Gasteiger charge is -2.20. The standard InChI is InChI=1S/C15H18N2O4/c18-13(10-17-9-5-1-2-8-14(17)19)16-12-7-4-3-6-11(12)15(20)21/h3-4,6-7H,1-2,5,8-10H2,(H,16,18)(H,20,21). The van der Waals surface area contributed by atoms with Crippen LogP contribution in [0.3, 0.4) is 0 Å². The molecule has 0 atom stereocenters. The number of amides is 2. The van der Waals surface area contributed by atoms with E-state index >= 15 is 0 Å². The molecule has 1 aromatic carbocycles. The molecular formula is C15H18N2O4. The highest BCUT2D eigenvalue weighted by atomic mass is 16.4. The number of nitrogens with zero attached hydrogens (tertiary/aromatic N) is 1. The van der Waals surface area contributed by atoms with Crippen molar-refractivity contribution < 1.29 is 19.5 Å². The number of anilines is 1. The van der Waals surface area contributed by atoms with Gasteiger partial charge in [0.2, 0.25) is 11.8 Å². The van der Waals surface area contributed by atoms with E-state index in [0.29, 0.717) is 13.0 Å². The molecule has 0 radical (unpaired) electrons. The van der Waals surface area contributed by atoms with Crippen LogP contribution in [0.4, 0.5) is 5.69 Å². The molecule has 2 rings (SSSR count). The largest absolute Gasteiger partial charge is 0.478 e. The Morgan fingerprint density at radius 1 is 1.19 bits per heavy atom. The van der Waals surface area contributed by atoms with Crippen LogP contribution in [0.5, 0.6) is 0 Å². The third-order valence-corrected chi connectivity index (χ3v) is 3.44. The summed E-state index contributed by atoms with van der Waals surface area (Å²) < 4.78 is 0. The van der Waals surface area contributed by atoms with Gasteiger partial charge in [0.15, 0.2) is 0 Å². The molecule has 0 bridgehead atoms. The van der Waals surface area contributed by atoms with Crippen molar-refractivity contribution >= 4 is 23.5 Å². The summed E-state index contributed by atoms with van der Waals surface area (Å²) in [6.07, 6.45) is 3.22. The minimum atomic E-state index is -1.10. The molecule has 1 heterocycles. The molecule has 1 aliphatic heterocycles. The Balaban J connectivity index is 2.01. The van der Waals surface area contributed by atoms with Crippen molar-refractivity contribution in [3.05, 3.63) is 29.8 Å². The topological polar surface area (TPSA) is 86.7 Å². The zero-order valence-electron chi connectivity index (χ0n) is 11.7. The summed E-state index contributed by atoms with van der Waals surface area (Å²) in [5.41, 5.74) is 0.283. The molecular weight excluding hydrogens is 272 g/mol. The first-order valence-electron chi connectivity index (χ1n) is 6.98. The molecule has 1 saturated heterocycles. The van der Waals surface area contributed by atoms with Gasteiger partial charge in [-0.15, -0.1) is 0 Å². The number of para-hydroxylation sites is 1. The van der Waals surface area contributed by atoms with Crippen LogP contribution in [-0.4, -0.2) is 40.9 Å². The zero-order valence-corrected chi connectivity index (χ0v) is 11.7. The molecule has 6 heteroatoms. The van der Waals surface area contributed by atoms with Gasteiger partial charge in [0.1, 0.15) is 0 Å². The number of carboxylic acid groups (broad SMARTS) is 1. The number of carbonyl (C=O) groups excluding carboxylic acids is 2. The van der Waals surface area contributed by atoms with Crippen molar-refractivity contribution in [3.8, 4) is 0 Å². The number of aromatic carboxylic acids is 1. The molecule has 0 saturated carbocycles. The van der Waals surface area contributed by atoms with Gasteiger partial charge in [0, 0.05) is 13.0 Å². The summed E-state index contributed by atoms with van der Waals surface area (Å²) in [7, 11) is 0. The maximum atomic E-state index is 12.0. The van der Waals surface area contributed by atoms with E-state index in [1.165, 1.54) is 17.0 Å². The molecule has 1 fully saturated rings. The van der Waals surface area contributed by atoms with Crippen LogP contribution < -0.4 is 5.32 Å². The second kappa shape index (κ2) is 6.88. The Morgan fingerprint density at radius 2 is 1.95 bits per heavy atom. The molecule has 1 aromatic rings. The van der Waals surface area contributed by atoms with E-state index in [2.05, 4.69) is 5.32 Å². The van der Waals surface area contributed by atoms with Crippen LogP contribution in [0, 0.1) is 0 Å². The van der Waals surface area contributed by atoms with E-state index in [-0.39, 0.29) is 29.6 Å². The first-order valence-corrected chi connectivity index (χ1v) is 6.98. The monoisotopic (exact) mass is 290 g/mol. The third-order valence-electron chi connectivity index (χ3n) is 3.44. The van der Waals surface area contributed by atoms with Crippen LogP contribution in [0.15, 0.2) is 24.3 Å². The van der Waals surface area contributed by atoms with Crippen LogP contribution in [0.1, 0.15) is 36.0 Å². The van der Waals surface area contributed by atoms with E-state index in [1.54, 1.807) is 12.1 Å². The maximum Gasteiger partial charge on any atom is 0.337 e. The molecule has 0 spiro atoms. The first kappa shape index (κ1) is 15.0. The summed E-state index contributed by atoms with van der Waals surface area (Å²) in [6, 6.07) is 6.21. The second-order valence-electron chi connectivity index (χ2n) is 5.02. The average molecular weight is 290 g/mol. The minimum absolute atomic E-state index is 0.0193. The van der Waals surface area contributed by atoms with E-state index in [1.807, 2.05) is 0 Å². The molecule has 2 amide bonds. The van der Waals surface area contributed by atoms with Gasteiger partial charge in [-0.1, -0.05) is 18.6 Å². The molecule has 1 aliphatic rings. The van der Waals surface area contributed by atoms with Gasteiger partial charge in [0.25, 0.3) is 0 Å². The fourth-order valence-corrected chi connectivity index (χ4v) is 2.35. The van der Waals surface area contributed by atoms with E-state index in [9.17, 15) is 14.4 Å². The van der Waals surface area contributed by atoms with Crippen molar-refractivity contribution in [2.24, 2.45) is 0 Å². The number of nitrogens with one attached hydrogen (secondary N) is 1. The lowest BCUT2D eigenvalue weighted by atomic mass is 10.2. The molecule has 2 N–H and O–H groups in total. The van der Waals surface area contributed by atoms with Crippen molar-refractivity contribution in [3.63, 3.8) is 0 Å². The van der Waals surface area contributed by atoms with Crippen LogP contribution in [0.25, 0.3) is 0 Å². The highest BCUT2D eigenvalue weighted by Crippen LogP contribution is 2.15. The predicted octanol–water partition coefficient (Wildman–Crippen LogP) is 1.73. The normalized spacial score (nSPS) is 15.4. The average Bonchev–Trinajstić information content (AvgIpc) is 2.64.